The summed E-state index contributed by atoms with van der Waals surface area (Å²) in [7, 11) is 0. The van der Waals surface area contributed by atoms with Crippen LogP contribution in [0.25, 0.3) is 0 Å². The van der Waals surface area contributed by atoms with E-state index in [9.17, 15) is 9.59 Å². The van der Waals surface area contributed by atoms with Crippen LogP contribution in [0.4, 0.5) is 0 Å². The average molecular weight is 240 g/mol. The van der Waals surface area contributed by atoms with E-state index < -0.39 is 11.9 Å². The van der Waals surface area contributed by atoms with E-state index in [0.717, 1.165) is 25.7 Å². The van der Waals surface area contributed by atoms with Crippen LogP contribution in [-0.2, 0) is 9.59 Å². The van der Waals surface area contributed by atoms with Crippen LogP contribution in [0.3, 0.4) is 0 Å². The fourth-order valence-corrected chi connectivity index (χ4v) is 2.86. The van der Waals surface area contributed by atoms with Gasteiger partial charge in [-0.1, -0.05) is 12.8 Å². The predicted molar refractivity (Wildman–Crippen MR) is 62.3 cm³/mol. The molecule has 1 saturated heterocycles. The van der Waals surface area contributed by atoms with Crippen molar-refractivity contribution in [2.75, 3.05) is 13.1 Å². The largest absolute Gasteiger partial charge is 0.481 e. The molecule has 0 spiro atoms. The summed E-state index contributed by atoms with van der Waals surface area (Å²) >= 11 is 0. The maximum atomic E-state index is 12.2. The molecule has 17 heavy (non-hydrogen) atoms. The Morgan fingerprint density at radius 2 is 1.88 bits per heavy atom. The van der Waals surface area contributed by atoms with Crippen molar-refractivity contribution in [3.63, 3.8) is 0 Å². The maximum absolute atomic E-state index is 12.2. The van der Waals surface area contributed by atoms with E-state index in [4.69, 9.17) is 10.8 Å². The number of carboxylic acid groups (broad SMARTS) is 1. The van der Waals surface area contributed by atoms with Crippen LogP contribution < -0.4 is 5.73 Å². The lowest BCUT2D eigenvalue weighted by atomic mass is 9.84. The van der Waals surface area contributed by atoms with Crippen LogP contribution in [-0.4, -0.2) is 41.0 Å². The fraction of sp³-hybridized carbons (Fsp3) is 0.833. The van der Waals surface area contributed by atoms with Crippen LogP contribution in [0.2, 0.25) is 0 Å². The number of carbonyl (C=O) groups excluding carboxylic acids is 1. The summed E-state index contributed by atoms with van der Waals surface area (Å²) < 4.78 is 0. The molecule has 1 heterocycles. The van der Waals surface area contributed by atoms with Gasteiger partial charge in [-0.3, -0.25) is 9.59 Å². The Morgan fingerprint density at radius 3 is 2.47 bits per heavy atom. The first kappa shape index (κ1) is 12.4. The van der Waals surface area contributed by atoms with Gasteiger partial charge in [-0.05, 0) is 19.3 Å². The molecule has 1 saturated carbocycles. The summed E-state index contributed by atoms with van der Waals surface area (Å²) in [6.45, 7) is 0.927. The van der Waals surface area contributed by atoms with Crippen molar-refractivity contribution in [2.24, 2.45) is 17.6 Å². The van der Waals surface area contributed by atoms with Gasteiger partial charge < -0.3 is 15.7 Å². The lowest BCUT2D eigenvalue weighted by Gasteiger charge is -2.30. The average Bonchev–Trinajstić information content (AvgIpc) is 2.78. The summed E-state index contributed by atoms with van der Waals surface area (Å²) in [5, 5.41) is 8.91. The van der Waals surface area contributed by atoms with E-state index in [2.05, 4.69) is 0 Å². The highest BCUT2D eigenvalue weighted by Gasteiger charge is 2.36. The van der Waals surface area contributed by atoms with Crippen LogP contribution in [0.1, 0.15) is 32.1 Å². The van der Waals surface area contributed by atoms with Gasteiger partial charge in [0, 0.05) is 19.1 Å². The molecular weight excluding hydrogens is 220 g/mol. The van der Waals surface area contributed by atoms with Crippen LogP contribution in [0.15, 0.2) is 0 Å². The lowest BCUT2D eigenvalue weighted by molar-refractivity contribution is -0.141. The van der Waals surface area contributed by atoms with E-state index in [0.29, 0.717) is 19.5 Å². The molecule has 96 valence electrons. The molecule has 2 aliphatic rings. The number of carbonyl (C=O) groups is 2. The van der Waals surface area contributed by atoms with Crippen molar-refractivity contribution in [1.82, 2.24) is 4.90 Å². The summed E-state index contributed by atoms with van der Waals surface area (Å²) in [6.07, 6.45) is 4.49. The third kappa shape index (κ3) is 2.60. The van der Waals surface area contributed by atoms with Gasteiger partial charge in [-0.25, -0.2) is 0 Å². The number of hydrogen-bond acceptors (Lipinski definition) is 3. The molecule has 5 nitrogen and oxygen atoms in total. The van der Waals surface area contributed by atoms with Crippen molar-refractivity contribution in [1.29, 1.82) is 0 Å². The molecule has 3 unspecified atom stereocenters. The molecule has 0 aromatic heterocycles. The van der Waals surface area contributed by atoms with Crippen molar-refractivity contribution < 1.29 is 14.7 Å². The molecule has 1 aliphatic heterocycles. The Kier molecular flexibility index (Phi) is 3.66. The second-order valence-corrected chi connectivity index (χ2v) is 5.16. The highest BCUT2D eigenvalue weighted by molar-refractivity contribution is 5.81. The molecule has 3 N–H and O–H groups in total. The molecule has 2 fully saturated rings. The molecule has 0 radical (unpaired) electrons. The summed E-state index contributed by atoms with van der Waals surface area (Å²) in [6, 6.07) is -0.0415. The molecule has 3 atom stereocenters. The number of carboxylic acids is 1. The number of hydrogen-bond donors (Lipinski definition) is 2. The molecule has 2 rings (SSSR count). The first-order valence-electron chi connectivity index (χ1n) is 6.36. The number of amides is 1. The third-order valence-corrected chi connectivity index (χ3v) is 3.99. The van der Waals surface area contributed by atoms with Crippen molar-refractivity contribution in [3.05, 3.63) is 0 Å². The number of nitrogens with two attached hydrogens (primary N) is 1. The smallest absolute Gasteiger partial charge is 0.308 e. The minimum Gasteiger partial charge on any atom is -0.481 e. The van der Waals surface area contributed by atoms with Gasteiger partial charge in [-0.2, -0.15) is 0 Å². The zero-order valence-corrected chi connectivity index (χ0v) is 9.97. The van der Waals surface area contributed by atoms with E-state index in [1.807, 2.05) is 0 Å². The van der Waals surface area contributed by atoms with Gasteiger partial charge in [0.05, 0.1) is 11.8 Å². The maximum Gasteiger partial charge on any atom is 0.308 e. The lowest BCUT2D eigenvalue weighted by Crippen LogP contribution is -2.45. The SMILES string of the molecule is NC1CCCCC1C(=O)N1CCC(C(=O)O)C1. The Hall–Kier alpha value is -1.10. The van der Waals surface area contributed by atoms with Crippen LogP contribution in [0.5, 0.6) is 0 Å². The molecule has 1 amide bonds. The minimum absolute atomic E-state index is 0.0415. The quantitative estimate of drug-likeness (QED) is 0.733. The Balaban J connectivity index is 1.94. The fourth-order valence-electron chi connectivity index (χ4n) is 2.86. The van der Waals surface area contributed by atoms with E-state index in [1.54, 1.807) is 4.90 Å². The van der Waals surface area contributed by atoms with Gasteiger partial charge in [0.25, 0.3) is 0 Å². The first-order valence-corrected chi connectivity index (χ1v) is 6.36. The number of likely N-dealkylation sites (tertiary alicyclic amines) is 1. The van der Waals surface area contributed by atoms with E-state index in [-0.39, 0.29) is 17.9 Å². The summed E-state index contributed by atoms with van der Waals surface area (Å²) in [5.74, 6) is -1.20. The van der Waals surface area contributed by atoms with Crippen LogP contribution in [0, 0.1) is 11.8 Å². The Labute approximate surface area is 101 Å². The number of rotatable bonds is 2. The monoisotopic (exact) mass is 240 g/mol. The standard InChI is InChI=1S/C12H20N2O3/c13-10-4-2-1-3-9(10)11(15)14-6-5-8(7-14)12(16)17/h8-10H,1-7,13H2,(H,16,17). The van der Waals surface area contributed by atoms with Gasteiger partial charge >= 0.3 is 5.97 Å². The predicted octanol–water partition coefficient (Wildman–Crippen LogP) is 0.437. The highest BCUT2D eigenvalue weighted by atomic mass is 16.4. The molecule has 0 aromatic carbocycles. The molecule has 1 aliphatic carbocycles. The second kappa shape index (κ2) is 5.04. The van der Waals surface area contributed by atoms with Gasteiger partial charge in [0.2, 0.25) is 5.91 Å². The van der Waals surface area contributed by atoms with Gasteiger partial charge in [0.15, 0.2) is 0 Å². The van der Waals surface area contributed by atoms with Crippen molar-refractivity contribution in [2.45, 2.75) is 38.1 Å². The highest BCUT2D eigenvalue weighted by Crippen LogP contribution is 2.27. The third-order valence-electron chi connectivity index (χ3n) is 3.99. The zero-order valence-electron chi connectivity index (χ0n) is 9.97. The van der Waals surface area contributed by atoms with E-state index in [1.165, 1.54) is 0 Å². The molecule has 0 aromatic rings. The Bertz CT molecular complexity index is 319. The summed E-state index contributed by atoms with van der Waals surface area (Å²) in [4.78, 5) is 24.8. The number of nitrogens with zero attached hydrogens (tertiary/aromatic N) is 1. The number of aliphatic carboxylic acids is 1. The van der Waals surface area contributed by atoms with Crippen LogP contribution >= 0.6 is 0 Å². The molecular formula is C12H20N2O3. The van der Waals surface area contributed by atoms with Gasteiger partial charge in [-0.15, -0.1) is 0 Å². The first-order chi connectivity index (χ1) is 8.09. The second-order valence-electron chi connectivity index (χ2n) is 5.16. The summed E-state index contributed by atoms with van der Waals surface area (Å²) in [5.41, 5.74) is 5.98. The van der Waals surface area contributed by atoms with Crippen molar-refractivity contribution >= 4 is 11.9 Å². The van der Waals surface area contributed by atoms with Crippen molar-refractivity contribution in [3.8, 4) is 0 Å². The molecule has 5 heteroatoms. The Morgan fingerprint density at radius 1 is 1.18 bits per heavy atom. The minimum atomic E-state index is -0.798. The zero-order chi connectivity index (χ0) is 12.4. The molecule has 0 bridgehead atoms. The normalized spacial score (nSPS) is 33.7. The van der Waals surface area contributed by atoms with E-state index >= 15 is 0 Å². The topological polar surface area (TPSA) is 83.6 Å². The van der Waals surface area contributed by atoms with Gasteiger partial charge in [0.1, 0.15) is 0 Å².